The van der Waals surface area contributed by atoms with E-state index in [1.54, 1.807) is 6.20 Å². The van der Waals surface area contributed by atoms with E-state index in [1.807, 2.05) is 0 Å². The number of hydrogen-bond acceptors (Lipinski definition) is 6. The lowest BCUT2D eigenvalue weighted by atomic mass is 9.88. The van der Waals surface area contributed by atoms with Gasteiger partial charge in [0.25, 0.3) is 0 Å². The molecule has 34 heavy (non-hydrogen) atoms. The minimum atomic E-state index is -0.253. The van der Waals surface area contributed by atoms with Crippen LogP contribution in [0, 0.1) is 24.7 Å². The SMILES string of the molecule is Cc1cc(N2CCOCC2)ccc1-c1nc2ncc(Br)c(N[C@H]3[C@@H](C(N)=O)[C@@H]4C=C[C@@H]3C4)c2[nH]1. The number of carbonyl (C=O) groups is 1. The van der Waals surface area contributed by atoms with Crippen molar-refractivity contribution in [3.8, 4) is 11.4 Å². The number of hydrogen-bond donors (Lipinski definition) is 3. The molecule has 2 fully saturated rings. The molecule has 6 rings (SSSR count). The van der Waals surface area contributed by atoms with E-state index in [0.717, 1.165) is 65.4 Å². The Bertz CT molecular complexity index is 1300. The van der Waals surface area contributed by atoms with Gasteiger partial charge in [-0.15, -0.1) is 0 Å². The second-order valence-electron chi connectivity index (χ2n) is 9.41. The Balaban J connectivity index is 1.34. The first-order valence-electron chi connectivity index (χ1n) is 11.7. The molecule has 0 unspecified atom stereocenters. The molecule has 9 heteroatoms. The number of morpholine rings is 1. The molecular formula is C25H27BrN6O2. The van der Waals surface area contributed by atoms with Crippen molar-refractivity contribution in [1.82, 2.24) is 15.0 Å². The molecule has 1 amide bonds. The zero-order valence-electron chi connectivity index (χ0n) is 18.9. The van der Waals surface area contributed by atoms with Gasteiger partial charge >= 0.3 is 0 Å². The quantitative estimate of drug-likeness (QED) is 0.441. The van der Waals surface area contributed by atoms with Crippen molar-refractivity contribution in [1.29, 1.82) is 0 Å². The number of rotatable bonds is 5. The molecule has 1 saturated carbocycles. The van der Waals surface area contributed by atoms with Crippen molar-refractivity contribution in [2.45, 2.75) is 19.4 Å². The highest BCUT2D eigenvalue weighted by Crippen LogP contribution is 2.46. The summed E-state index contributed by atoms with van der Waals surface area (Å²) in [6.07, 6.45) is 7.05. The van der Waals surface area contributed by atoms with Crippen molar-refractivity contribution in [2.24, 2.45) is 23.5 Å². The van der Waals surface area contributed by atoms with Gasteiger partial charge in [-0.2, -0.15) is 0 Å². The monoisotopic (exact) mass is 522 g/mol. The van der Waals surface area contributed by atoms with E-state index in [2.05, 4.69) is 73.4 Å². The summed E-state index contributed by atoms with van der Waals surface area (Å²) in [5, 5.41) is 3.62. The molecule has 3 aromatic rings. The lowest BCUT2D eigenvalue weighted by Crippen LogP contribution is -2.41. The van der Waals surface area contributed by atoms with Gasteiger partial charge in [-0.05, 0) is 64.9 Å². The van der Waals surface area contributed by atoms with Crippen LogP contribution in [0.2, 0.25) is 0 Å². The molecule has 2 aromatic heterocycles. The maximum Gasteiger partial charge on any atom is 0.223 e. The fourth-order valence-electron chi connectivity index (χ4n) is 5.71. The minimum absolute atomic E-state index is 0.0457. The van der Waals surface area contributed by atoms with Gasteiger partial charge in [0, 0.05) is 36.6 Å². The van der Waals surface area contributed by atoms with Crippen molar-refractivity contribution < 1.29 is 9.53 Å². The fraction of sp³-hybridized carbons (Fsp3) is 0.400. The van der Waals surface area contributed by atoms with Crippen molar-refractivity contribution in [2.75, 3.05) is 36.5 Å². The third-order valence-corrected chi connectivity index (χ3v) is 8.02. The van der Waals surface area contributed by atoms with Crippen LogP contribution in [0.3, 0.4) is 0 Å². The van der Waals surface area contributed by atoms with E-state index < -0.39 is 0 Å². The minimum Gasteiger partial charge on any atom is -0.378 e. The molecule has 1 aliphatic heterocycles. The first-order chi connectivity index (χ1) is 16.5. The number of nitrogens with zero attached hydrogens (tertiary/aromatic N) is 3. The summed E-state index contributed by atoms with van der Waals surface area (Å²) in [6.45, 7) is 5.43. The van der Waals surface area contributed by atoms with Gasteiger partial charge in [0.1, 0.15) is 11.3 Å². The largest absolute Gasteiger partial charge is 0.378 e. The molecule has 4 N–H and O–H groups in total. The maximum absolute atomic E-state index is 12.2. The number of carbonyl (C=O) groups excluding carboxylic acids is 1. The lowest BCUT2D eigenvalue weighted by Gasteiger charge is -2.29. The molecule has 2 bridgehead atoms. The predicted octanol–water partition coefficient (Wildman–Crippen LogP) is 3.62. The van der Waals surface area contributed by atoms with Crippen LogP contribution in [0.25, 0.3) is 22.6 Å². The van der Waals surface area contributed by atoms with Crippen LogP contribution in [0.1, 0.15) is 12.0 Å². The molecule has 1 aromatic carbocycles. The molecule has 3 aliphatic rings. The zero-order valence-corrected chi connectivity index (χ0v) is 20.5. The van der Waals surface area contributed by atoms with E-state index in [9.17, 15) is 4.79 Å². The number of halogens is 1. The second-order valence-corrected chi connectivity index (χ2v) is 10.3. The van der Waals surface area contributed by atoms with Crippen LogP contribution in [0.4, 0.5) is 11.4 Å². The van der Waals surface area contributed by atoms with E-state index >= 15 is 0 Å². The second kappa shape index (κ2) is 8.39. The number of nitrogens with two attached hydrogens (primary N) is 1. The van der Waals surface area contributed by atoms with Gasteiger partial charge in [0.2, 0.25) is 5.91 Å². The molecule has 4 atom stereocenters. The number of anilines is 2. The number of fused-ring (bicyclic) bond motifs is 3. The molecule has 1 saturated heterocycles. The number of aryl methyl sites for hydroxylation is 1. The highest BCUT2D eigenvalue weighted by molar-refractivity contribution is 9.10. The molecule has 176 valence electrons. The van der Waals surface area contributed by atoms with Gasteiger partial charge in [0.05, 0.1) is 29.3 Å². The maximum atomic E-state index is 12.2. The Kier molecular flexibility index (Phi) is 5.33. The summed E-state index contributed by atoms with van der Waals surface area (Å²) in [5.41, 5.74) is 11.5. The summed E-state index contributed by atoms with van der Waals surface area (Å²) in [6, 6.07) is 6.41. The number of amides is 1. The number of aromatic amines is 1. The summed E-state index contributed by atoms with van der Waals surface area (Å²) >= 11 is 3.65. The number of nitrogens with one attached hydrogen (secondary N) is 2. The highest BCUT2D eigenvalue weighted by Gasteiger charge is 2.47. The molecular weight excluding hydrogens is 496 g/mol. The van der Waals surface area contributed by atoms with Gasteiger partial charge in [-0.3, -0.25) is 4.79 Å². The van der Waals surface area contributed by atoms with Crippen LogP contribution < -0.4 is 16.0 Å². The third kappa shape index (κ3) is 3.58. The Morgan fingerprint density at radius 2 is 2.06 bits per heavy atom. The third-order valence-electron chi connectivity index (χ3n) is 7.41. The molecule has 8 nitrogen and oxygen atoms in total. The Morgan fingerprint density at radius 3 is 2.82 bits per heavy atom. The summed E-state index contributed by atoms with van der Waals surface area (Å²) in [4.78, 5) is 27.4. The fourth-order valence-corrected chi connectivity index (χ4v) is 6.12. The molecule has 0 radical (unpaired) electrons. The van der Waals surface area contributed by atoms with Gasteiger partial charge in [-0.25, -0.2) is 9.97 Å². The normalized spacial score (nSPS) is 25.9. The number of aromatic nitrogens is 3. The Morgan fingerprint density at radius 1 is 1.26 bits per heavy atom. The average molecular weight is 523 g/mol. The summed E-state index contributed by atoms with van der Waals surface area (Å²) < 4.78 is 6.30. The smallest absolute Gasteiger partial charge is 0.223 e. The van der Waals surface area contributed by atoms with E-state index in [1.165, 1.54) is 5.69 Å². The van der Waals surface area contributed by atoms with E-state index in [0.29, 0.717) is 5.65 Å². The number of imidazole rings is 1. The average Bonchev–Trinajstić information content (AvgIpc) is 3.56. The van der Waals surface area contributed by atoms with Crippen LogP contribution in [0.15, 0.2) is 41.0 Å². The number of H-pyrrole nitrogens is 1. The number of ether oxygens (including phenoxy) is 1. The van der Waals surface area contributed by atoms with Crippen LogP contribution in [-0.4, -0.2) is 53.2 Å². The molecule has 0 spiro atoms. The Hall–Kier alpha value is -2.91. The lowest BCUT2D eigenvalue weighted by molar-refractivity contribution is -0.122. The van der Waals surface area contributed by atoms with E-state index in [4.69, 9.17) is 15.5 Å². The Labute approximate surface area is 206 Å². The zero-order chi connectivity index (χ0) is 23.4. The van der Waals surface area contributed by atoms with Crippen molar-refractivity contribution in [3.63, 3.8) is 0 Å². The first kappa shape index (κ1) is 21.6. The predicted molar refractivity (Wildman–Crippen MR) is 136 cm³/mol. The number of allylic oxidation sites excluding steroid dienone is 1. The van der Waals surface area contributed by atoms with Crippen molar-refractivity contribution >= 4 is 44.4 Å². The van der Waals surface area contributed by atoms with Gasteiger partial charge in [0.15, 0.2) is 5.65 Å². The number of pyridine rings is 1. The standard InChI is InChI=1S/C25H27BrN6O2/c1-13-10-16(32-6-8-34-9-7-32)4-5-17(13)24-30-22-21(18(26)12-28-25(22)31-24)29-20-15-3-2-14(11-15)19(20)23(27)33/h2-5,10,12,14-15,19-20H,6-9,11H2,1H3,(H2,27,33)(H2,28,29,30,31)/t14-,15-,19+,20-/m1/s1. The van der Waals surface area contributed by atoms with Crippen molar-refractivity contribution in [3.05, 3.63) is 46.6 Å². The molecule has 2 aliphatic carbocycles. The number of benzene rings is 1. The highest BCUT2D eigenvalue weighted by atomic mass is 79.9. The van der Waals surface area contributed by atoms with Gasteiger partial charge in [-0.1, -0.05) is 12.2 Å². The molecule has 3 heterocycles. The first-order valence-corrected chi connectivity index (χ1v) is 12.5. The van der Waals surface area contributed by atoms with Crippen LogP contribution in [0.5, 0.6) is 0 Å². The summed E-state index contributed by atoms with van der Waals surface area (Å²) in [5.74, 6) is 0.796. The summed E-state index contributed by atoms with van der Waals surface area (Å²) in [7, 11) is 0. The topological polar surface area (TPSA) is 109 Å². The van der Waals surface area contributed by atoms with Crippen LogP contribution >= 0.6 is 15.9 Å². The van der Waals surface area contributed by atoms with E-state index in [-0.39, 0.29) is 29.7 Å². The number of primary amides is 1. The van der Waals surface area contributed by atoms with Crippen LogP contribution in [-0.2, 0) is 9.53 Å². The van der Waals surface area contributed by atoms with Gasteiger partial charge < -0.3 is 25.7 Å².